The van der Waals surface area contributed by atoms with Gasteiger partial charge in [-0.05, 0) is 30.9 Å². The standard InChI is InChI=1S/C10H14OS3/c1-11-10-8(13-3)5-7(12-2)6-9(10)14-4/h5-6H,1-4H3. The lowest BCUT2D eigenvalue weighted by Crippen LogP contribution is -1.89. The summed E-state index contributed by atoms with van der Waals surface area (Å²) in [4.78, 5) is 3.71. The minimum Gasteiger partial charge on any atom is -0.494 e. The first-order valence-electron chi connectivity index (χ1n) is 4.10. The van der Waals surface area contributed by atoms with Crippen molar-refractivity contribution in [3.8, 4) is 5.75 Å². The highest BCUT2D eigenvalue weighted by molar-refractivity contribution is 8.00. The summed E-state index contributed by atoms with van der Waals surface area (Å²) in [7, 11) is 1.73. The van der Waals surface area contributed by atoms with Crippen molar-refractivity contribution in [3.63, 3.8) is 0 Å². The van der Waals surface area contributed by atoms with E-state index in [-0.39, 0.29) is 0 Å². The molecule has 0 aromatic heterocycles. The summed E-state index contributed by atoms with van der Waals surface area (Å²) < 4.78 is 5.41. The van der Waals surface area contributed by atoms with Crippen LogP contribution >= 0.6 is 35.3 Å². The first kappa shape index (κ1) is 12.1. The molecule has 0 aliphatic carbocycles. The zero-order valence-electron chi connectivity index (χ0n) is 8.79. The predicted octanol–water partition coefficient (Wildman–Crippen LogP) is 3.86. The number of benzene rings is 1. The first-order valence-corrected chi connectivity index (χ1v) is 7.78. The number of hydrogen-bond donors (Lipinski definition) is 0. The lowest BCUT2D eigenvalue weighted by atomic mass is 10.3. The maximum absolute atomic E-state index is 5.41. The summed E-state index contributed by atoms with van der Waals surface area (Å²) in [5.41, 5.74) is 0. The third-order valence-electron chi connectivity index (χ3n) is 1.87. The van der Waals surface area contributed by atoms with Gasteiger partial charge in [0.2, 0.25) is 0 Å². The number of methoxy groups -OCH3 is 1. The summed E-state index contributed by atoms with van der Waals surface area (Å²) in [5, 5.41) is 0. The number of rotatable bonds is 4. The molecule has 0 bridgehead atoms. The Labute approximate surface area is 98.4 Å². The Morgan fingerprint density at radius 2 is 1.43 bits per heavy atom. The Kier molecular flexibility index (Phi) is 5.06. The molecular formula is C10H14OS3. The van der Waals surface area contributed by atoms with E-state index in [0.717, 1.165) is 5.75 Å². The van der Waals surface area contributed by atoms with Crippen LogP contribution in [0.2, 0.25) is 0 Å². The van der Waals surface area contributed by atoms with Crippen LogP contribution in [0.5, 0.6) is 5.75 Å². The SMILES string of the molecule is COc1c(SC)cc(SC)cc1SC. The summed E-state index contributed by atoms with van der Waals surface area (Å²) in [6.45, 7) is 0. The Hall–Kier alpha value is 0.0700. The lowest BCUT2D eigenvalue weighted by Gasteiger charge is -2.12. The smallest absolute Gasteiger partial charge is 0.146 e. The largest absolute Gasteiger partial charge is 0.494 e. The van der Waals surface area contributed by atoms with Gasteiger partial charge in [-0.15, -0.1) is 35.3 Å². The van der Waals surface area contributed by atoms with Crippen LogP contribution in [0.15, 0.2) is 26.8 Å². The zero-order valence-corrected chi connectivity index (χ0v) is 11.2. The van der Waals surface area contributed by atoms with E-state index in [4.69, 9.17) is 4.74 Å². The molecule has 4 heteroatoms. The highest BCUT2D eigenvalue weighted by atomic mass is 32.2. The van der Waals surface area contributed by atoms with Crippen LogP contribution in [0.3, 0.4) is 0 Å². The van der Waals surface area contributed by atoms with Gasteiger partial charge in [0.05, 0.1) is 16.9 Å². The molecular weight excluding hydrogens is 232 g/mol. The summed E-state index contributed by atoms with van der Waals surface area (Å²) in [6, 6.07) is 4.35. The number of ether oxygens (including phenoxy) is 1. The van der Waals surface area contributed by atoms with Crippen molar-refractivity contribution in [2.45, 2.75) is 14.7 Å². The monoisotopic (exact) mass is 246 g/mol. The maximum Gasteiger partial charge on any atom is 0.146 e. The predicted molar refractivity (Wildman–Crippen MR) is 68.3 cm³/mol. The highest BCUT2D eigenvalue weighted by Gasteiger charge is 2.09. The number of hydrogen-bond acceptors (Lipinski definition) is 4. The van der Waals surface area contributed by atoms with E-state index in [9.17, 15) is 0 Å². The molecule has 0 spiro atoms. The van der Waals surface area contributed by atoms with Gasteiger partial charge in [0.1, 0.15) is 5.75 Å². The molecule has 1 rings (SSSR count). The Bertz CT molecular complexity index is 287. The molecule has 0 amide bonds. The van der Waals surface area contributed by atoms with Crippen molar-refractivity contribution < 1.29 is 4.74 Å². The quantitative estimate of drug-likeness (QED) is 0.746. The third-order valence-corrected chi connectivity index (χ3v) is 4.07. The highest BCUT2D eigenvalue weighted by Crippen LogP contribution is 2.39. The van der Waals surface area contributed by atoms with E-state index in [1.165, 1.54) is 14.7 Å². The molecule has 0 heterocycles. The van der Waals surface area contributed by atoms with Crippen molar-refractivity contribution in [1.82, 2.24) is 0 Å². The summed E-state index contributed by atoms with van der Waals surface area (Å²) >= 11 is 5.22. The van der Waals surface area contributed by atoms with E-state index >= 15 is 0 Å². The summed E-state index contributed by atoms with van der Waals surface area (Å²) in [5.74, 6) is 1.00. The fourth-order valence-electron chi connectivity index (χ4n) is 1.17. The summed E-state index contributed by atoms with van der Waals surface area (Å²) in [6.07, 6.45) is 6.24. The molecule has 0 N–H and O–H groups in total. The second-order valence-electron chi connectivity index (χ2n) is 2.57. The van der Waals surface area contributed by atoms with E-state index in [1.807, 2.05) is 0 Å². The van der Waals surface area contributed by atoms with Crippen LogP contribution in [0, 0.1) is 0 Å². The van der Waals surface area contributed by atoms with Gasteiger partial charge in [0.15, 0.2) is 0 Å². The molecule has 1 aromatic carbocycles. The van der Waals surface area contributed by atoms with Crippen molar-refractivity contribution in [2.75, 3.05) is 25.9 Å². The average molecular weight is 246 g/mol. The maximum atomic E-state index is 5.41. The van der Waals surface area contributed by atoms with Gasteiger partial charge in [0, 0.05) is 4.90 Å². The second-order valence-corrected chi connectivity index (χ2v) is 5.14. The molecule has 0 saturated heterocycles. The van der Waals surface area contributed by atoms with Gasteiger partial charge >= 0.3 is 0 Å². The minimum atomic E-state index is 1.00. The molecule has 0 aliphatic heterocycles. The van der Waals surface area contributed by atoms with Crippen LogP contribution in [0.25, 0.3) is 0 Å². The van der Waals surface area contributed by atoms with Crippen molar-refractivity contribution in [2.24, 2.45) is 0 Å². The van der Waals surface area contributed by atoms with Crippen LogP contribution in [0.1, 0.15) is 0 Å². The van der Waals surface area contributed by atoms with Crippen LogP contribution in [-0.2, 0) is 0 Å². The molecule has 0 unspecified atom stereocenters. The van der Waals surface area contributed by atoms with E-state index in [0.29, 0.717) is 0 Å². The van der Waals surface area contributed by atoms with Gasteiger partial charge in [-0.25, -0.2) is 0 Å². The molecule has 0 fully saturated rings. The molecule has 1 aromatic rings. The molecule has 78 valence electrons. The normalized spacial score (nSPS) is 10.3. The van der Waals surface area contributed by atoms with Gasteiger partial charge < -0.3 is 4.74 Å². The first-order chi connectivity index (χ1) is 6.76. The van der Waals surface area contributed by atoms with Gasteiger partial charge in [0.25, 0.3) is 0 Å². The number of thioether (sulfide) groups is 3. The van der Waals surface area contributed by atoms with Gasteiger partial charge in [-0.2, -0.15) is 0 Å². The Morgan fingerprint density at radius 1 is 0.929 bits per heavy atom. The Morgan fingerprint density at radius 3 is 1.71 bits per heavy atom. The van der Waals surface area contributed by atoms with Crippen molar-refractivity contribution >= 4 is 35.3 Å². The van der Waals surface area contributed by atoms with Crippen molar-refractivity contribution in [3.05, 3.63) is 12.1 Å². The fourth-order valence-corrected chi connectivity index (χ4v) is 3.11. The minimum absolute atomic E-state index is 1.00. The molecule has 14 heavy (non-hydrogen) atoms. The third kappa shape index (κ3) is 2.55. The second kappa shape index (κ2) is 5.83. The topological polar surface area (TPSA) is 9.23 Å². The molecule has 0 atom stereocenters. The molecule has 0 radical (unpaired) electrons. The fraction of sp³-hybridized carbons (Fsp3) is 0.400. The lowest BCUT2D eigenvalue weighted by molar-refractivity contribution is 0.394. The van der Waals surface area contributed by atoms with E-state index in [2.05, 4.69) is 30.9 Å². The van der Waals surface area contributed by atoms with Crippen molar-refractivity contribution in [1.29, 1.82) is 0 Å². The van der Waals surface area contributed by atoms with Gasteiger partial charge in [-0.3, -0.25) is 0 Å². The average Bonchev–Trinajstić information content (AvgIpc) is 2.26. The van der Waals surface area contributed by atoms with E-state index in [1.54, 1.807) is 42.4 Å². The van der Waals surface area contributed by atoms with Gasteiger partial charge in [-0.1, -0.05) is 0 Å². The van der Waals surface area contributed by atoms with Crippen LogP contribution in [0.4, 0.5) is 0 Å². The Balaban J connectivity index is 3.24. The van der Waals surface area contributed by atoms with Crippen LogP contribution < -0.4 is 4.74 Å². The molecule has 0 aliphatic rings. The van der Waals surface area contributed by atoms with E-state index < -0.39 is 0 Å². The zero-order chi connectivity index (χ0) is 10.6. The molecule has 1 nitrogen and oxygen atoms in total. The molecule has 0 saturated carbocycles. The van der Waals surface area contributed by atoms with Crippen LogP contribution in [-0.4, -0.2) is 25.9 Å².